The van der Waals surface area contributed by atoms with E-state index in [0.29, 0.717) is 22.6 Å². The van der Waals surface area contributed by atoms with E-state index in [4.69, 9.17) is 11.6 Å². The van der Waals surface area contributed by atoms with E-state index in [2.05, 4.69) is 15.6 Å². The molecule has 0 aliphatic heterocycles. The number of carbonyl (C=O) groups is 2. The number of amides is 2. The van der Waals surface area contributed by atoms with Gasteiger partial charge in [0.1, 0.15) is 5.82 Å². The summed E-state index contributed by atoms with van der Waals surface area (Å²) < 4.78 is 43.6. The lowest BCUT2D eigenvalue weighted by Gasteiger charge is -2.13. The van der Waals surface area contributed by atoms with Crippen LogP contribution in [0.4, 0.5) is 13.2 Å². The SMILES string of the molecule is C/C=C(/Cl)c1cc(CNC(=O)c2cncc(Cc3ccc(CNC(C)=O)c(F)c3F)c2)c(F)cc1CC. The highest BCUT2D eigenvalue weighted by atomic mass is 35.5. The number of aromatic nitrogens is 1. The van der Waals surface area contributed by atoms with Crippen molar-refractivity contribution in [2.75, 3.05) is 0 Å². The molecule has 1 aromatic heterocycles. The quantitative estimate of drug-likeness (QED) is 0.367. The first-order chi connectivity index (χ1) is 17.6. The average molecular weight is 530 g/mol. The maximum absolute atomic E-state index is 14.6. The number of hydrogen-bond donors (Lipinski definition) is 2. The van der Waals surface area contributed by atoms with Crippen LogP contribution in [0.15, 0.2) is 48.8 Å². The van der Waals surface area contributed by atoms with E-state index in [1.807, 2.05) is 6.92 Å². The number of rotatable bonds is 9. The molecule has 0 saturated heterocycles. The molecule has 194 valence electrons. The lowest BCUT2D eigenvalue weighted by atomic mass is 10.0. The zero-order valence-corrected chi connectivity index (χ0v) is 21.5. The minimum absolute atomic E-state index is 0.00436. The van der Waals surface area contributed by atoms with Gasteiger partial charge < -0.3 is 10.6 Å². The lowest BCUT2D eigenvalue weighted by molar-refractivity contribution is -0.119. The number of nitrogens with one attached hydrogen (secondary N) is 2. The van der Waals surface area contributed by atoms with Crippen LogP contribution in [0.3, 0.4) is 0 Å². The Labute approximate surface area is 218 Å². The molecule has 2 amide bonds. The van der Waals surface area contributed by atoms with Crippen LogP contribution in [0.5, 0.6) is 0 Å². The highest BCUT2D eigenvalue weighted by Crippen LogP contribution is 2.26. The van der Waals surface area contributed by atoms with Gasteiger partial charge >= 0.3 is 0 Å². The van der Waals surface area contributed by atoms with Crippen molar-refractivity contribution in [3.8, 4) is 0 Å². The number of halogens is 4. The number of hydrogen-bond acceptors (Lipinski definition) is 3. The highest BCUT2D eigenvalue weighted by Gasteiger charge is 2.16. The smallest absolute Gasteiger partial charge is 0.253 e. The van der Waals surface area contributed by atoms with Gasteiger partial charge in [0.2, 0.25) is 5.91 Å². The van der Waals surface area contributed by atoms with Gasteiger partial charge in [-0.2, -0.15) is 0 Å². The minimum atomic E-state index is -1.04. The van der Waals surface area contributed by atoms with Crippen LogP contribution in [0, 0.1) is 17.5 Å². The van der Waals surface area contributed by atoms with Crippen molar-refractivity contribution in [1.29, 1.82) is 0 Å². The Bertz CT molecular complexity index is 1360. The molecule has 0 fully saturated rings. The molecule has 2 N–H and O–H groups in total. The molecule has 2 aromatic carbocycles. The number of pyridine rings is 1. The summed E-state index contributed by atoms with van der Waals surface area (Å²) >= 11 is 6.28. The van der Waals surface area contributed by atoms with Gasteiger partial charge in [-0.3, -0.25) is 14.6 Å². The molecular formula is C28H27ClF3N3O2. The van der Waals surface area contributed by atoms with Gasteiger partial charge in [-0.15, -0.1) is 0 Å². The van der Waals surface area contributed by atoms with Crippen LogP contribution >= 0.6 is 11.6 Å². The molecule has 37 heavy (non-hydrogen) atoms. The van der Waals surface area contributed by atoms with E-state index < -0.39 is 23.4 Å². The fourth-order valence-electron chi connectivity index (χ4n) is 3.79. The standard InChI is InChI=1S/C28H27ClF3N3O2/c1-4-18-11-25(30)21(10-23(18)24(29)5-2)15-35-28(37)22-9-17(12-33-13-22)8-19-6-7-20(14-34-16(3)36)27(32)26(19)31/h5-7,9-13H,4,8,14-15H2,1-3H3,(H,34,36)(H,35,37)/b24-5+. The Hall–Kier alpha value is -3.65. The normalized spacial score (nSPS) is 11.4. The molecule has 0 aliphatic rings. The maximum atomic E-state index is 14.6. The molecule has 9 heteroatoms. The van der Waals surface area contributed by atoms with Gasteiger partial charge in [0, 0.05) is 55.0 Å². The maximum Gasteiger partial charge on any atom is 0.253 e. The molecular weight excluding hydrogens is 503 g/mol. The van der Waals surface area contributed by atoms with Crippen molar-refractivity contribution < 1.29 is 22.8 Å². The van der Waals surface area contributed by atoms with Gasteiger partial charge in [0.15, 0.2) is 11.6 Å². The summed E-state index contributed by atoms with van der Waals surface area (Å²) in [4.78, 5) is 27.8. The molecule has 5 nitrogen and oxygen atoms in total. The summed E-state index contributed by atoms with van der Waals surface area (Å²) in [7, 11) is 0. The monoisotopic (exact) mass is 529 g/mol. The molecule has 3 rings (SSSR count). The van der Waals surface area contributed by atoms with Crippen LogP contribution in [-0.4, -0.2) is 16.8 Å². The van der Waals surface area contributed by atoms with E-state index in [1.165, 1.54) is 43.6 Å². The second-order valence-corrected chi connectivity index (χ2v) is 8.86. The van der Waals surface area contributed by atoms with Gasteiger partial charge in [0.25, 0.3) is 5.91 Å². The Kier molecular flexibility index (Phi) is 9.47. The fourth-order valence-corrected chi connectivity index (χ4v) is 3.97. The average Bonchev–Trinajstić information content (AvgIpc) is 2.89. The van der Waals surface area contributed by atoms with Crippen molar-refractivity contribution in [2.45, 2.75) is 46.7 Å². The van der Waals surface area contributed by atoms with Gasteiger partial charge in [-0.25, -0.2) is 13.2 Å². The van der Waals surface area contributed by atoms with E-state index in [1.54, 1.807) is 19.1 Å². The summed E-state index contributed by atoms with van der Waals surface area (Å²) in [6.07, 6.45) is 5.11. The second kappa shape index (κ2) is 12.5. The third kappa shape index (κ3) is 6.98. The van der Waals surface area contributed by atoms with Gasteiger partial charge in [-0.1, -0.05) is 36.7 Å². The molecule has 0 bridgehead atoms. The Morgan fingerprint density at radius 1 is 0.946 bits per heavy atom. The minimum Gasteiger partial charge on any atom is -0.352 e. The Morgan fingerprint density at radius 3 is 2.30 bits per heavy atom. The van der Waals surface area contributed by atoms with Crippen molar-refractivity contribution in [1.82, 2.24) is 15.6 Å². The predicted molar refractivity (Wildman–Crippen MR) is 137 cm³/mol. The Morgan fingerprint density at radius 2 is 1.62 bits per heavy atom. The first-order valence-electron chi connectivity index (χ1n) is 11.7. The second-order valence-electron chi connectivity index (χ2n) is 8.45. The van der Waals surface area contributed by atoms with Crippen molar-refractivity contribution in [3.63, 3.8) is 0 Å². The Balaban J connectivity index is 1.74. The van der Waals surface area contributed by atoms with E-state index >= 15 is 0 Å². The molecule has 0 aliphatic carbocycles. The van der Waals surface area contributed by atoms with Crippen molar-refractivity contribution in [2.24, 2.45) is 0 Å². The number of allylic oxidation sites excluding steroid dienone is 1. The molecule has 0 unspecified atom stereocenters. The number of nitrogens with zero attached hydrogens (tertiary/aromatic N) is 1. The van der Waals surface area contributed by atoms with Crippen LogP contribution in [0.1, 0.15) is 64.5 Å². The molecule has 1 heterocycles. The van der Waals surface area contributed by atoms with Crippen LogP contribution in [0.2, 0.25) is 0 Å². The van der Waals surface area contributed by atoms with E-state index in [9.17, 15) is 22.8 Å². The summed E-state index contributed by atoms with van der Waals surface area (Å²) in [5.41, 5.74) is 2.54. The molecule has 0 atom stereocenters. The molecule has 0 radical (unpaired) electrons. The van der Waals surface area contributed by atoms with E-state index in [0.717, 1.165) is 5.56 Å². The summed E-state index contributed by atoms with van der Waals surface area (Å²) in [6, 6.07) is 7.39. The predicted octanol–water partition coefficient (Wildman–Crippen LogP) is 5.82. The number of aryl methyl sites for hydroxylation is 1. The first kappa shape index (κ1) is 27.9. The molecule has 0 spiro atoms. The van der Waals surface area contributed by atoms with Crippen molar-refractivity contribution >= 4 is 28.4 Å². The first-order valence-corrected chi connectivity index (χ1v) is 12.1. The molecule has 0 saturated carbocycles. The summed E-state index contributed by atoms with van der Waals surface area (Å²) in [6.45, 7) is 4.77. The lowest BCUT2D eigenvalue weighted by Crippen LogP contribution is -2.24. The number of carbonyl (C=O) groups excluding carboxylic acids is 2. The zero-order valence-electron chi connectivity index (χ0n) is 20.7. The third-order valence-electron chi connectivity index (χ3n) is 5.82. The summed E-state index contributed by atoms with van der Waals surface area (Å²) in [5, 5.41) is 5.59. The topological polar surface area (TPSA) is 71.1 Å². The van der Waals surface area contributed by atoms with Gasteiger partial charge in [-0.05, 0) is 53.8 Å². The van der Waals surface area contributed by atoms with Crippen LogP contribution < -0.4 is 10.6 Å². The van der Waals surface area contributed by atoms with E-state index in [-0.39, 0.29) is 47.7 Å². The van der Waals surface area contributed by atoms with Crippen LogP contribution in [0.25, 0.3) is 5.03 Å². The van der Waals surface area contributed by atoms with Gasteiger partial charge in [0.05, 0.1) is 5.56 Å². The third-order valence-corrected chi connectivity index (χ3v) is 6.25. The largest absolute Gasteiger partial charge is 0.352 e. The highest BCUT2D eigenvalue weighted by molar-refractivity contribution is 6.48. The van der Waals surface area contributed by atoms with Crippen LogP contribution in [-0.2, 0) is 30.7 Å². The summed E-state index contributed by atoms with van der Waals surface area (Å²) in [5.74, 6) is -3.37. The molecule has 3 aromatic rings. The number of benzene rings is 2. The zero-order chi connectivity index (χ0) is 27.1. The van der Waals surface area contributed by atoms with Crippen molar-refractivity contribution in [3.05, 3.63) is 105 Å². The fraction of sp³-hybridized carbons (Fsp3) is 0.250.